The van der Waals surface area contributed by atoms with E-state index in [1.165, 1.54) is 0 Å². The molecule has 1 atom stereocenters. The minimum Gasteiger partial charge on any atom is -0.394 e. The smallest absolute Gasteiger partial charge is 0.222 e. The van der Waals surface area contributed by atoms with Crippen molar-refractivity contribution in [2.45, 2.75) is 44.2 Å². The van der Waals surface area contributed by atoms with E-state index in [0.717, 1.165) is 19.3 Å². The van der Waals surface area contributed by atoms with Crippen LogP contribution in [0.4, 0.5) is 0 Å². The van der Waals surface area contributed by atoms with E-state index in [1.807, 2.05) is 0 Å². The van der Waals surface area contributed by atoms with Crippen LogP contribution in [0, 0.1) is 0 Å². The fraction of sp³-hybridized carbons (Fsp3) is 0.889. The van der Waals surface area contributed by atoms with Gasteiger partial charge in [-0.25, -0.2) is 0 Å². The number of nitrogens with one attached hydrogen (secondary N) is 1. The lowest BCUT2D eigenvalue weighted by Gasteiger charge is -2.37. The molecule has 4 heteroatoms. The van der Waals surface area contributed by atoms with Crippen LogP contribution in [0.5, 0.6) is 0 Å². The molecular formula is C9H18N2O2. The molecule has 1 unspecified atom stereocenters. The van der Waals surface area contributed by atoms with Crippen LogP contribution in [0.2, 0.25) is 0 Å². The van der Waals surface area contributed by atoms with Crippen molar-refractivity contribution in [2.75, 3.05) is 6.61 Å². The summed E-state index contributed by atoms with van der Waals surface area (Å²) in [6, 6.07) is -0.170. The third kappa shape index (κ3) is 2.97. The van der Waals surface area contributed by atoms with Crippen molar-refractivity contribution in [2.24, 2.45) is 5.73 Å². The lowest BCUT2D eigenvalue weighted by molar-refractivity contribution is -0.123. The second-order valence-electron chi connectivity index (χ2n) is 4.04. The van der Waals surface area contributed by atoms with Gasteiger partial charge in [-0.2, -0.15) is 0 Å². The molecule has 1 aliphatic carbocycles. The number of rotatable bonds is 4. The Morgan fingerprint density at radius 2 is 2.31 bits per heavy atom. The summed E-state index contributed by atoms with van der Waals surface area (Å²) in [6.45, 7) is 1.74. The average molecular weight is 186 g/mol. The summed E-state index contributed by atoms with van der Waals surface area (Å²) >= 11 is 0. The molecule has 1 saturated carbocycles. The van der Waals surface area contributed by atoms with E-state index in [0.29, 0.717) is 6.42 Å². The Kier molecular flexibility index (Phi) is 3.27. The summed E-state index contributed by atoms with van der Waals surface area (Å²) in [5, 5.41) is 11.4. The highest BCUT2D eigenvalue weighted by molar-refractivity contribution is 5.77. The number of amides is 1. The van der Waals surface area contributed by atoms with Gasteiger partial charge in [0.15, 0.2) is 0 Å². The van der Waals surface area contributed by atoms with Gasteiger partial charge in [-0.15, -0.1) is 0 Å². The molecule has 0 aromatic rings. The lowest BCUT2D eigenvalue weighted by Crippen LogP contribution is -2.51. The molecule has 0 bridgehead atoms. The van der Waals surface area contributed by atoms with E-state index < -0.39 is 0 Å². The first kappa shape index (κ1) is 10.5. The van der Waals surface area contributed by atoms with E-state index in [1.54, 1.807) is 6.92 Å². The molecule has 13 heavy (non-hydrogen) atoms. The number of hydrogen-bond donors (Lipinski definition) is 3. The summed E-state index contributed by atoms with van der Waals surface area (Å²) in [5.41, 5.74) is 5.63. The van der Waals surface area contributed by atoms with E-state index in [2.05, 4.69) is 5.32 Å². The molecule has 1 amide bonds. The van der Waals surface area contributed by atoms with Gasteiger partial charge in [0.25, 0.3) is 0 Å². The van der Waals surface area contributed by atoms with Crippen LogP contribution >= 0.6 is 0 Å². The predicted octanol–water partition coefficient (Wildman–Crippen LogP) is -0.245. The first-order chi connectivity index (χ1) is 6.06. The molecule has 1 aliphatic rings. The van der Waals surface area contributed by atoms with Crippen molar-refractivity contribution in [3.8, 4) is 0 Å². The van der Waals surface area contributed by atoms with Gasteiger partial charge in [0.05, 0.1) is 6.61 Å². The van der Waals surface area contributed by atoms with Crippen molar-refractivity contribution < 1.29 is 9.90 Å². The molecule has 0 heterocycles. The van der Waals surface area contributed by atoms with Crippen LogP contribution in [0.3, 0.4) is 0 Å². The maximum Gasteiger partial charge on any atom is 0.222 e. The summed E-state index contributed by atoms with van der Waals surface area (Å²) in [5.74, 6) is -0.0521. The van der Waals surface area contributed by atoms with E-state index in [4.69, 9.17) is 10.8 Å². The van der Waals surface area contributed by atoms with Crippen LogP contribution in [0.25, 0.3) is 0 Å². The van der Waals surface area contributed by atoms with E-state index in [-0.39, 0.29) is 24.1 Å². The Balaban J connectivity index is 2.24. The fourth-order valence-electron chi connectivity index (χ4n) is 1.50. The minimum atomic E-state index is -0.265. The van der Waals surface area contributed by atoms with Crippen molar-refractivity contribution >= 4 is 5.91 Å². The molecule has 1 rings (SSSR count). The van der Waals surface area contributed by atoms with E-state index in [9.17, 15) is 4.79 Å². The Morgan fingerprint density at radius 3 is 2.69 bits per heavy atom. The zero-order valence-corrected chi connectivity index (χ0v) is 8.05. The quantitative estimate of drug-likeness (QED) is 0.567. The molecule has 0 saturated heterocycles. The SMILES string of the molecule is CC(CO)NC(=O)CC1(N)CCC1. The zero-order valence-electron chi connectivity index (χ0n) is 8.05. The molecule has 4 nitrogen and oxygen atoms in total. The second kappa shape index (κ2) is 4.07. The lowest BCUT2D eigenvalue weighted by atomic mass is 9.75. The topological polar surface area (TPSA) is 75.3 Å². The van der Waals surface area contributed by atoms with Crippen LogP contribution in [-0.4, -0.2) is 29.2 Å². The van der Waals surface area contributed by atoms with Gasteiger partial charge >= 0.3 is 0 Å². The second-order valence-corrected chi connectivity index (χ2v) is 4.04. The van der Waals surface area contributed by atoms with Crippen molar-refractivity contribution in [1.29, 1.82) is 0 Å². The first-order valence-electron chi connectivity index (χ1n) is 4.75. The van der Waals surface area contributed by atoms with Crippen LogP contribution in [0.15, 0.2) is 0 Å². The largest absolute Gasteiger partial charge is 0.394 e. The number of carbonyl (C=O) groups excluding carboxylic acids is 1. The maximum absolute atomic E-state index is 11.3. The van der Waals surface area contributed by atoms with Crippen LogP contribution in [-0.2, 0) is 4.79 Å². The van der Waals surface area contributed by atoms with Gasteiger partial charge in [-0.3, -0.25) is 4.79 Å². The molecule has 76 valence electrons. The molecule has 0 spiro atoms. The number of aliphatic hydroxyl groups is 1. The summed E-state index contributed by atoms with van der Waals surface area (Å²) < 4.78 is 0. The standard InChI is InChI=1S/C9H18N2O2/c1-7(6-12)11-8(13)5-9(10)3-2-4-9/h7,12H,2-6,10H2,1H3,(H,11,13). The van der Waals surface area contributed by atoms with Gasteiger partial charge < -0.3 is 16.2 Å². The van der Waals surface area contributed by atoms with Gasteiger partial charge in [-0.1, -0.05) is 0 Å². The average Bonchev–Trinajstić information content (AvgIpc) is 2.01. The van der Waals surface area contributed by atoms with Gasteiger partial charge in [0, 0.05) is 18.0 Å². The number of nitrogens with two attached hydrogens (primary N) is 1. The Morgan fingerprint density at radius 1 is 1.69 bits per heavy atom. The Bertz CT molecular complexity index is 190. The van der Waals surface area contributed by atoms with Gasteiger partial charge in [-0.05, 0) is 26.2 Å². The molecule has 1 fully saturated rings. The Hall–Kier alpha value is -0.610. The first-order valence-corrected chi connectivity index (χ1v) is 4.75. The fourth-order valence-corrected chi connectivity index (χ4v) is 1.50. The highest BCUT2D eigenvalue weighted by atomic mass is 16.3. The zero-order chi connectivity index (χ0) is 9.90. The van der Waals surface area contributed by atoms with Crippen molar-refractivity contribution in [3.63, 3.8) is 0 Å². The summed E-state index contributed by atoms with van der Waals surface area (Å²) in [6.07, 6.45) is 3.39. The monoisotopic (exact) mass is 186 g/mol. The number of carbonyl (C=O) groups is 1. The van der Waals surface area contributed by atoms with Gasteiger partial charge in [0.1, 0.15) is 0 Å². The summed E-state index contributed by atoms with van der Waals surface area (Å²) in [7, 11) is 0. The molecular weight excluding hydrogens is 168 g/mol. The maximum atomic E-state index is 11.3. The van der Waals surface area contributed by atoms with Gasteiger partial charge in [0.2, 0.25) is 5.91 Å². The molecule has 0 aliphatic heterocycles. The molecule has 0 aromatic heterocycles. The third-order valence-corrected chi connectivity index (χ3v) is 2.54. The molecule has 0 aromatic carbocycles. The highest BCUT2D eigenvalue weighted by Crippen LogP contribution is 2.31. The van der Waals surface area contributed by atoms with Crippen molar-refractivity contribution in [1.82, 2.24) is 5.32 Å². The van der Waals surface area contributed by atoms with Crippen LogP contribution < -0.4 is 11.1 Å². The minimum absolute atomic E-state index is 0.0245. The molecule has 4 N–H and O–H groups in total. The number of aliphatic hydroxyl groups excluding tert-OH is 1. The summed E-state index contributed by atoms with van der Waals surface area (Å²) in [4.78, 5) is 11.3. The highest BCUT2D eigenvalue weighted by Gasteiger charge is 2.34. The van der Waals surface area contributed by atoms with Crippen molar-refractivity contribution in [3.05, 3.63) is 0 Å². The third-order valence-electron chi connectivity index (χ3n) is 2.54. The Labute approximate surface area is 78.5 Å². The van der Waals surface area contributed by atoms with Crippen LogP contribution in [0.1, 0.15) is 32.6 Å². The molecule has 0 radical (unpaired) electrons. The normalized spacial score (nSPS) is 21.8. The predicted molar refractivity (Wildman–Crippen MR) is 50.1 cm³/mol. The van der Waals surface area contributed by atoms with E-state index >= 15 is 0 Å². The number of hydrogen-bond acceptors (Lipinski definition) is 3.